The van der Waals surface area contributed by atoms with Crippen molar-refractivity contribution in [1.29, 1.82) is 0 Å². The van der Waals surface area contributed by atoms with E-state index < -0.39 is 52.9 Å². The van der Waals surface area contributed by atoms with Crippen LogP contribution in [-0.2, 0) is 18.5 Å². The first-order chi connectivity index (χ1) is 33.3. The van der Waals surface area contributed by atoms with Crippen LogP contribution in [0, 0.1) is 0 Å². The van der Waals surface area contributed by atoms with E-state index in [4.69, 9.17) is 0 Å². The van der Waals surface area contributed by atoms with Gasteiger partial charge in [-0.3, -0.25) is 34.3 Å². The van der Waals surface area contributed by atoms with Crippen molar-refractivity contribution >= 4 is 35.2 Å². The Labute approximate surface area is 395 Å². The van der Waals surface area contributed by atoms with Crippen molar-refractivity contribution in [2.45, 2.75) is 18.5 Å². The average Bonchev–Trinajstić information content (AvgIpc) is 3.35. The van der Waals surface area contributed by atoms with Crippen LogP contribution in [0.4, 0.5) is 39.5 Å². The molecule has 6 aromatic rings. The lowest BCUT2D eigenvalue weighted by atomic mass is 10.1. The lowest BCUT2D eigenvalue weighted by molar-refractivity contribution is -0.138. The van der Waals surface area contributed by atoms with Crippen molar-refractivity contribution < 1.29 is 53.9 Å². The number of rotatable bonds is 15. The molecule has 0 aromatic heterocycles. The Kier molecular flexibility index (Phi) is 17.2. The first-order valence-corrected chi connectivity index (χ1v) is 21.3. The number of benzene rings is 6. The Morgan fingerprint density at radius 3 is 0.786 bits per heavy atom. The predicted molar refractivity (Wildman–Crippen MR) is 247 cm³/mol. The van der Waals surface area contributed by atoms with Crippen molar-refractivity contribution in [3.05, 3.63) is 214 Å². The van der Waals surface area contributed by atoms with Gasteiger partial charge in [0.1, 0.15) is 17.5 Å². The highest BCUT2D eigenvalue weighted by Crippen LogP contribution is 2.31. The molecule has 3 N–H and O–H groups in total. The smallest absolute Gasteiger partial charge is 0.306 e. The number of nitrogens with zero attached hydrogens (tertiary/aromatic N) is 4. The molecule has 0 atom stereocenters. The molecule has 0 radical (unpaired) electrons. The van der Waals surface area contributed by atoms with Gasteiger partial charge in [-0.15, -0.1) is 0 Å². The van der Waals surface area contributed by atoms with E-state index in [1.807, 2.05) is 4.90 Å². The molecular weight excluding hydrogens is 930 g/mol. The Morgan fingerprint density at radius 1 is 0.343 bits per heavy atom. The molecule has 0 saturated heterocycles. The maximum atomic E-state index is 13.3. The third kappa shape index (κ3) is 15.0. The fourth-order valence-corrected chi connectivity index (χ4v) is 6.61. The quantitative estimate of drug-likeness (QED) is 0.0538. The lowest BCUT2D eigenvalue weighted by Crippen LogP contribution is -2.36. The van der Waals surface area contributed by atoms with Crippen LogP contribution in [0.1, 0.15) is 64.5 Å². The zero-order valence-electron chi connectivity index (χ0n) is 36.7. The largest absolute Gasteiger partial charge is 0.416 e. The summed E-state index contributed by atoms with van der Waals surface area (Å²) in [6.45, 7) is 0.685. The van der Waals surface area contributed by atoms with Gasteiger partial charge in [-0.1, -0.05) is 91.0 Å². The van der Waals surface area contributed by atoms with Crippen LogP contribution < -0.4 is 16.0 Å². The predicted octanol–water partition coefficient (Wildman–Crippen LogP) is 9.98. The fourth-order valence-electron chi connectivity index (χ4n) is 6.61. The summed E-state index contributed by atoms with van der Waals surface area (Å²) < 4.78 is 119. The van der Waals surface area contributed by atoms with Crippen LogP contribution in [0.5, 0.6) is 0 Å². The molecule has 0 unspecified atom stereocenters. The molecule has 19 heteroatoms. The van der Waals surface area contributed by atoms with Crippen molar-refractivity contribution in [2.75, 3.05) is 39.3 Å². The molecule has 10 nitrogen and oxygen atoms in total. The minimum Gasteiger partial charge on any atom is -0.306 e. The lowest BCUT2D eigenvalue weighted by Gasteiger charge is -2.21. The number of hydrogen-bond donors (Lipinski definition) is 3. The monoisotopic (exact) mass is 971 g/mol. The molecule has 0 aliphatic rings. The molecule has 3 amide bonds. The zero-order valence-corrected chi connectivity index (χ0v) is 36.7. The number of carbonyl (C=O) groups is 3. The van der Waals surface area contributed by atoms with Crippen molar-refractivity contribution in [3.8, 4) is 0 Å². The number of carbonyl (C=O) groups excluding carboxylic acids is 3. The highest BCUT2D eigenvalue weighted by atomic mass is 19.4. The minimum absolute atomic E-state index is 0.0390. The Hall–Kier alpha value is -7.93. The van der Waals surface area contributed by atoms with E-state index in [1.54, 1.807) is 91.0 Å². The average molecular weight is 972 g/mol. The van der Waals surface area contributed by atoms with E-state index in [1.165, 1.54) is 0 Å². The number of amidine groups is 3. The first kappa shape index (κ1) is 51.5. The van der Waals surface area contributed by atoms with E-state index in [0.29, 0.717) is 16.7 Å². The van der Waals surface area contributed by atoms with Crippen molar-refractivity contribution in [3.63, 3.8) is 0 Å². The SMILES string of the molecule is O=C(NC(=NCCN(CCN=C(NC(=O)c1ccc(C(F)(F)F)cc1)c1ccccc1)CCN=C(NC(=O)c1ccc(C(F)(F)F)cc1)c1ccccc1)c1ccccc1)c1ccc(C(F)(F)F)cc1. The number of alkyl halides is 9. The van der Waals surface area contributed by atoms with E-state index >= 15 is 0 Å². The van der Waals surface area contributed by atoms with E-state index in [0.717, 1.165) is 72.8 Å². The molecule has 0 spiro atoms. The molecular formula is C51H42F9N7O3. The summed E-state index contributed by atoms with van der Waals surface area (Å²) >= 11 is 0. The number of hydrogen-bond acceptors (Lipinski definition) is 7. The molecule has 0 aliphatic carbocycles. The second-order valence-corrected chi connectivity index (χ2v) is 15.2. The summed E-state index contributed by atoms with van der Waals surface area (Å²) in [5.74, 6) is -1.77. The van der Waals surface area contributed by atoms with Crippen LogP contribution in [-0.4, -0.2) is 79.4 Å². The van der Waals surface area contributed by atoms with Crippen molar-refractivity contribution in [1.82, 2.24) is 20.9 Å². The zero-order chi connectivity index (χ0) is 50.3. The highest BCUT2D eigenvalue weighted by molar-refractivity contribution is 6.14. The normalized spacial score (nSPS) is 12.7. The number of aliphatic imine (C=N–C) groups is 3. The van der Waals surface area contributed by atoms with E-state index in [-0.39, 0.29) is 73.5 Å². The molecule has 362 valence electrons. The molecule has 0 saturated carbocycles. The van der Waals surface area contributed by atoms with Gasteiger partial charge >= 0.3 is 18.5 Å². The van der Waals surface area contributed by atoms with Gasteiger partial charge in [0.25, 0.3) is 17.7 Å². The Bertz CT molecular complexity index is 2480. The van der Waals surface area contributed by atoms with Gasteiger partial charge in [0.15, 0.2) is 0 Å². The molecule has 0 heterocycles. The van der Waals surface area contributed by atoms with E-state index in [9.17, 15) is 53.9 Å². The molecule has 6 rings (SSSR count). The summed E-state index contributed by atoms with van der Waals surface area (Å²) in [5.41, 5.74) is -1.43. The molecule has 0 fully saturated rings. The van der Waals surface area contributed by atoms with Crippen LogP contribution >= 0.6 is 0 Å². The maximum absolute atomic E-state index is 13.3. The Balaban J connectivity index is 1.25. The summed E-state index contributed by atoms with van der Waals surface area (Å²) in [4.78, 5) is 55.8. The summed E-state index contributed by atoms with van der Waals surface area (Å²) in [6, 6.07) is 36.6. The van der Waals surface area contributed by atoms with Gasteiger partial charge in [0.05, 0.1) is 36.3 Å². The number of halogens is 9. The third-order valence-corrected chi connectivity index (χ3v) is 10.3. The van der Waals surface area contributed by atoms with Gasteiger partial charge in [0, 0.05) is 53.0 Å². The van der Waals surface area contributed by atoms with Gasteiger partial charge in [0.2, 0.25) is 0 Å². The van der Waals surface area contributed by atoms with Gasteiger partial charge in [-0.2, -0.15) is 39.5 Å². The standard InChI is InChI=1S/C51H42F9N7O3/c52-49(53,54)40-22-16-37(17-23-40)46(68)64-43(34-10-4-1-5-11-34)61-28-31-67(32-29-62-44(35-12-6-2-7-13-35)65-47(69)38-18-24-41(25-19-38)50(55,56)57)33-30-63-45(36-14-8-3-9-15-36)66-48(70)39-20-26-42(27-21-39)51(58,59)60/h1-27H,28-33H2,(H,61,64,68)(H,62,65,69)(H,63,66,70). The molecule has 0 aliphatic heterocycles. The van der Waals surface area contributed by atoms with Crippen molar-refractivity contribution in [2.24, 2.45) is 15.0 Å². The number of nitrogens with one attached hydrogen (secondary N) is 3. The third-order valence-electron chi connectivity index (χ3n) is 10.3. The summed E-state index contributed by atoms with van der Waals surface area (Å²) in [6.07, 6.45) is -13.8. The molecule has 70 heavy (non-hydrogen) atoms. The number of amides is 3. The maximum Gasteiger partial charge on any atom is 0.416 e. The topological polar surface area (TPSA) is 128 Å². The van der Waals surface area contributed by atoms with Gasteiger partial charge in [-0.05, 0) is 72.8 Å². The highest BCUT2D eigenvalue weighted by Gasteiger charge is 2.32. The second kappa shape index (κ2) is 23.4. The van der Waals surface area contributed by atoms with Gasteiger partial charge < -0.3 is 16.0 Å². The van der Waals surface area contributed by atoms with E-state index in [2.05, 4.69) is 30.9 Å². The van der Waals surface area contributed by atoms with Gasteiger partial charge in [-0.25, -0.2) is 0 Å². The van der Waals surface area contributed by atoms with Crippen LogP contribution in [0.3, 0.4) is 0 Å². The Morgan fingerprint density at radius 2 is 0.571 bits per heavy atom. The van der Waals surface area contributed by atoms with Crippen LogP contribution in [0.15, 0.2) is 179 Å². The fraction of sp³-hybridized carbons (Fsp3) is 0.176. The summed E-state index contributed by atoms with van der Waals surface area (Å²) in [5, 5.41) is 8.08. The van der Waals surface area contributed by atoms with Crippen LogP contribution in [0.25, 0.3) is 0 Å². The first-order valence-electron chi connectivity index (χ1n) is 21.3. The molecule has 6 aromatic carbocycles. The minimum atomic E-state index is -4.60. The second-order valence-electron chi connectivity index (χ2n) is 15.2. The summed E-state index contributed by atoms with van der Waals surface area (Å²) in [7, 11) is 0. The molecule has 0 bridgehead atoms. The van der Waals surface area contributed by atoms with Crippen LogP contribution in [0.2, 0.25) is 0 Å².